The van der Waals surface area contributed by atoms with Gasteiger partial charge < -0.3 is 19.1 Å². The first-order valence-electron chi connectivity index (χ1n) is 8.87. The molecule has 6 rings (SSSR count). The quantitative estimate of drug-likeness (QED) is 0.563. The van der Waals surface area contributed by atoms with E-state index in [1.165, 1.54) is 21.7 Å². The van der Waals surface area contributed by atoms with Gasteiger partial charge in [-0.05, 0) is 39.7 Å². The first-order chi connectivity index (χ1) is 13.2. The number of hydrogen-bond acceptors (Lipinski definition) is 5. The summed E-state index contributed by atoms with van der Waals surface area (Å²) in [4.78, 5) is 3.81. The Labute approximate surface area is 169 Å². The third-order valence-corrected chi connectivity index (χ3v) is 7.34. The van der Waals surface area contributed by atoms with Gasteiger partial charge in [0.15, 0.2) is 11.5 Å². The van der Waals surface area contributed by atoms with Crippen molar-refractivity contribution in [2.24, 2.45) is 0 Å². The van der Waals surface area contributed by atoms with Crippen LogP contribution in [0, 0.1) is 0 Å². The van der Waals surface area contributed by atoms with Gasteiger partial charge in [0.05, 0.1) is 12.0 Å². The number of para-hydroxylation sites is 1. The van der Waals surface area contributed by atoms with Crippen molar-refractivity contribution in [2.45, 2.75) is 12.0 Å². The van der Waals surface area contributed by atoms with Crippen molar-refractivity contribution < 1.29 is 14.2 Å². The molecule has 4 heterocycles. The van der Waals surface area contributed by atoms with Crippen LogP contribution in [0.15, 0.2) is 52.3 Å². The number of nitrogens with zero attached hydrogens (tertiary/aromatic N) is 1. The molecule has 3 aliphatic rings. The molecule has 0 aliphatic carbocycles. The smallest absolute Gasteiger partial charge is 0.231 e. The number of anilines is 1. The minimum absolute atomic E-state index is 0.165. The minimum Gasteiger partial charge on any atom is -0.492 e. The summed E-state index contributed by atoms with van der Waals surface area (Å²) in [5.41, 5.74) is 3.66. The van der Waals surface area contributed by atoms with Gasteiger partial charge in [0.1, 0.15) is 12.4 Å². The highest BCUT2D eigenvalue weighted by Crippen LogP contribution is 2.54. The Bertz CT molecular complexity index is 1070. The fourth-order valence-corrected chi connectivity index (χ4v) is 5.93. The van der Waals surface area contributed by atoms with Crippen LogP contribution >= 0.6 is 27.3 Å². The molecule has 0 N–H and O–H groups in total. The van der Waals surface area contributed by atoms with E-state index < -0.39 is 0 Å². The second-order valence-electron chi connectivity index (χ2n) is 7.18. The molecule has 3 aromatic rings. The Morgan fingerprint density at radius 1 is 1.00 bits per heavy atom. The maximum atomic E-state index is 6.15. The van der Waals surface area contributed by atoms with E-state index in [4.69, 9.17) is 14.2 Å². The van der Waals surface area contributed by atoms with Crippen molar-refractivity contribution in [2.75, 3.05) is 24.8 Å². The van der Waals surface area contributed by atoms with Crippen molar-refractivity contribution in [3.63, 3.8) is 0 Å². The molecule has 6 heteroatoms. The Hall–Kier alpha value is -2.18. The average molecular weight is 442 g/mol. The molecule has 0 saturated heterocycles. The first kappa shape index (κ1) is 15.8. The summed E-state index contributed by atoms with van der Waals surface area (Å²) in [5, 5.41) is 2.14. The summed E-state index contributed by atoms with van der Waals surface area (Å²) < 4.78 is 18.5. The van der Waals surface area contributed by atoms with E-state index in [0.717, 1.165) is 34.8 Å². The van der Waals surface area contributed by atoms with Crippen LogP contribution in [0.1, 0.15) is 16.0 Å². The van der Waals surface area contributed by atoms with Crippen LogP contribution in [-0.2, 0) is 12.0 Å². The van der Waals surface area contributed by atoms with Gasteiger partial charge in [0.2, 0.25) is 6.79 Å². The number of halogens is 1. The predicted molar refractivity (Wildman–Crippen MR) is 108 cm³/mol. The van der Waals surface area contributed by atoms with Crippen LogP contribution in [0.4, 0.5) is 5.69 Å². The summed E-state index contributed by atoms with van der Waals surface area (Å²) >= 11 is 5.36. The van der Waals surface area contributed by atoms with Gasteiger partial charge in [0.25, 0.3) is 0 Å². The van der Waals surface area contributed by atoms with Gasteiger partial charge in [-0.1, -0.05) is 18.2 Å². The lowest BCUT2D eigenvalue weighted by Gasteiger charge is -2.25. The minimum atomic E-state index is -0.165. The van der Waals surface area contributed by atoms with Crippen molar-refractivity contribution in [3.05, 3.63) is 68.3 Å². The van der Waals surface area contributed by atoms with Crippen LogP contribution in [0.25, 0.3) is 0 Å². The molecule has 0 fully saturated rings. The Morgan fingerprint density at radius 2 is 1.85 bits per heavy atom. The van der Waals surface area contributed by atoms with Gasteiger partial charge in [-0.2, -0.15) is 0 Å². The van der Waals surface area contributed by atoms with Gasteiger partial charge in [-0.3, -0.25) is 0 Å². The van der Waals surface area contributed by atoms with Gasteiger partial charge >= 0.3 is 0 Å². The van der Waals surface area contributed by atoms with E-state index in [9.17, 15) is 0 Å². The Morgan fingerprint density at radius 3 is 2.70 bits per heavy atom. The zero-order chi connectivity index (χ0) is 18.0. The molecule has 4 nitrogen and oxygen atoms in total. The van der Waals surface area contributed by atoms with Crippen LogP contribution < -0.4 is 19.1 Å². The second kappa shape index (κ2) is 5.66. The molecule has 136 valence electrons. The zero-order valence-corrected chi connectivity index (χ0v) is 16.8. The monoisotopic (exact) mass is 441 g/mol. The molecule has 1 atom stereocenters. The number of thiophene rings is 1. The number of hydrogen-bond donors (Lipinski definition) is 0. The van der Waals surface area contributed by atoms with Crippen LogP contribution in [-0.4, -0.2) is 19.9 Å². The molecule has 0 amide bonds. The standard InChI is InChI=1S/C21H16BrNO3S/c22-13-5-14(27-9-13)8-23-10-21(15-3-1-2-4-17(15)23)11-24-18-7-20-19(6-16(18)21)25-12-26-20/h1-7,9H,8,10-12H2. The third-order valence-electron chi connectivity index (χ3n) is 5.65. The molecular formula is C21H16BrNO3S. The maximum absolute atomic E-state index is 6.15. The van der Waals surface area contributed by atoms with Crippen molar-refractivity contribution in [1.82, 2.24) is 0 Å². The third kappa shape index (κ3) is 2.26. The van der Waals surface area contributed by atoms with E-state index in [2.05, 4.69) is 62.6 Å². The lowest BCUT2D eigenvalue weighted by atomic mass is 9.77. The lowest BCUT2D eigenvalue weighted by Crippen LogP contribution is -2.35. The Kier molecular flexibility index (Phi) is 3.32. The topological polar surface area (TPSA) is 30.9 Å². The molecule has 1 aromatic heterocycles. The summed E-state index contributed by atoms with van der Waals surface area (Å²) in [6, 6.07) is 15.0. The van der Waals surface area contributed by atoms with E-state index in [1.807, 2.05) is 6.07 Å². The number of fused-ring (bicyclic) bond motifs is 5. The van der Waals surface area contributed by atoms with Gasteiger partial charge in [-0.25, -0.2) is 0 Å². The van der Waals surface area contributed by atoms with E-state index in [0.29, 0.717) is 6.61 Å². The fourth-order valence-electron chi connectivity index (χ4n) is 4.47. The normalized spacial score (nSPS) is 21.4. The Balaban J connectivity index is 1.46. The molecular weight excluding hydrogens is 426 g/mol. The largest absolute Gasteiger partial charge is 0.492 e. The van der Waals surface area contributed by atoms with Crippen LogP contribution in [0.5, 0.6) is 17.2 Å². The van der Waals surface area contributed by atoms with Crippen molar-refractivity contribution in [1.29, 1.82) is 0 Å². The number of benzene rings is 2. The molecule has 3 aliphatic heterocycles. The highest BCUT2D eigenvalue weighted by Gasteiger charge is 2.50. The van der Waals surface area contributed by atoms with E-state index in [-0.39, 0.29) is 12.2 Å². The summed E-state index contributed by atoms with van der Waals surface area (Å²) in [5.74, 6) is 2.50. The highest BCUT2D eigenvalue weighted by atomic mass is 79.9. The molecule has 2 aromatic carbocycles. The lowest BCUT2D eigenvalue weighted by molar-refractivity contribution is 0.173. The van der Waals surface area contributed by atoms with Gasteiger partial charge in [-0.15, -0.1) is 11.3 Å². The summed E-state index contributed by atoms with van der Waals surface area (Å²) in [6.45, 7) is 2.72. The SMILES string of the molecule is Brc1csc(CN2CC3(COc4cc5c(cc43)OCO5)c3ccccc32)c1. The average Bonchev–Trinajstić information content (AvgIpc) is 3.43. The predicted octanol–water partition coefficient (Wildman–Crippen LogP) is 4.94. The van der Waals surface area contributed by atoms with Crippen LogP contribution in [0.2, 0.25) is 0 Å². The molecule has 0 bridgehead atoms. The zero-order valence-electron chi connectivity index (χ0n) is 14.4. The number of rotatable bonds is 2. The second-order valence-corrected chi connectivity index (χ2v) is 9.09. The molecule has 27 heavy (non-hydrogen) atoms. The van der Waals surface area contributed by atoms with E-state index >= 15 is 0 Å². The fraction of sp³-hybridized carbons (Fsp3) is 0.238. The van der Waals surface area contributed by atoms with Crippen molar-refractivity contribution in [3.8, 4) is 17.2 Å². The van der Waals surface area contributed by atoms with Gasteiger partial charge in [0, 0.05) is 38.6 Å². The molecule has 1 unspecified atom stereocenters. The first-order valence-corrected chi connectivity index (χ1v) is 10.5. The summed E-state index contributed by atoms with van der Waals surface area (Å²) in [7, 11) is 0. The maximum Gasteiger partial charge on any atom is 0.231 e. The molecule has 0 radical (unpaired) electrons. The van der Waals surface area contributed by atoms with E-state index in [1.54, 1.807) is 11.3 Å². The highest BCUT2D eigenvalue weighted by molar-refractivity contribution is 9.10. The van der Waals surface area contributed by atoms with Crippen LogP contribution in [0.3, 0.4) is 0 Å². The summed E-state index contributed by atoms with van der Waals surface area (Å²) in [6.07, 6.45) is 0. The van der Waals surface area contributed by atoms with Crippen molar-refractivity contribution >= 4 is 33.0 Å². The molecule has 0 saturated carbocycles. The number of ether oxygens (including phenoxy) is 3. The molecule has 1 spiro atoms.